The summed E-state index contributed by atoms with van der Waals surface area (Å²) in [6.45, 7) is 1.89. The van der Waals surface area contributed by atoms with Crippen LogP contribution in [0.5, 0.6) is 17.2 Å². The van der Waals surface area contributed by atoms with Gasteiger partial charge in [0, 0.05) is 11.3 Å². The SMILES string of the molecule is CCOC(=O)C[C@H](c1ccc(O)c(OC)c1)c1c(O)c2ccccc2[nH]c1=O. The van der Waals surface area contributed by atoms with Crippen molar-refractivity contribution in [2.45, 2.75) is 19.3 Å². The Morgan fingerprint density at radius 3 is 2.64 bits per heavy atom. The van der Waals surface area contributed by atoms with Crippen molar-refractivity contribution in [1.82, 2.24) is 4.98 Å². The van der Waals surface area contributed by atoms with E-state index in [9.17, 15) is 19.8 Å². The second-order valence-electron chi connectivity index (χ2n) is 6.26. The molecule has 2 aromatic carbocycles. The Hall–Kier alpha value is -3.48. The van der Waals surface area contributed by atoms with Gasteiger partial charge >= 0.3 is 5.97 Å². The van der Waals surface area contributed by atoms with Crippen molar-refractivity contribution in [2.75, 3.05) is 13.7 Å². The summed E-state index contributed by atoms with van der Waals surface area (Å²) in [6.07, 6.45) is -0.156. The number of nitrogens with one attached hydrogen (secondary N) is 1. The van der Waals surface area contributed by atoms with Gasteiger partial charge in [-0.05, 0) is 36.8 Å². The predicted molar refractivity (Wildman–Crippen MR) is 104 cm³/mol. The molecule has 0 bridgehead atoms. The third kappa shape index (κ3) is 3.64. The van der Waals surface area contributed by atoms with Crippen molar-refractivity contribution < 1.29 is 24.5 Å². The smallest absolute Gasteiger partial charge is 0.306 e. The van der Waals surface area contributed by atoms with Gasteiger partial charge in [0.2, 0.25) is 0 Å². The Bertz CT molecular complexity index is 1070. The van der Waals surface area contributed by atoms with E-state index >= 15 is 0 Å². The number of carbonyl (C=O) groups is 1. The fraction of sp³-hybridized carbons (Fsp3) is 0.238. The quantitative estimate of drug-likeness (QED) is 0.565. The Kier molecular flexibility index (Phi) is 5.54. The van der Waals surface area contributed by atoms with Gasteiger partial charge in [0.15, 0.2) is 11.5 Å². The van der Waals surface area contributed by atoms with E-state index in [1.165, 1.54) is 19.2 Å². The number of aromatic nitrogens is 1. The standard InChI is InChI=1S/C21H21NO6/c1-3-28-18(24)11-14(12-8-9-16(23)17(10-12)27-2)19-20(25)13-6-4-5-7-15(13)22-21(19)26/h4-10,14,23H,3,11H2,1-2H3,(H2,22,25,26)/t14-/m1/s1. The maximum Gasteiger partial charge on any atom is 0.306 e. The van der Waals surface area contributed by atoms with Crippen LogP contribution in [0.3, 0.4) is 0 Å². The Labute approximate surface area is 161 Å². The van der Waals surface area contributed by atoms with Crippen molar-refractivity contribution in [3.63, 3.8) is 0 Å². The maximum absolute atomic E-state index is 12.8. The highest BCUT2D eigenvalue weighted by molar-refractivity contribution is 5.86. The normalized spacial score (nSPS) is 11.9. The number of fused-ring (bicyclic) bond motifs is 1. The van der Waals surface area contributed by atoms with Crippen LogP contribution in [0.25, 0.3) is 10.9 Å². The second-order valence-corrected chi connectivity index (χ2v) is 6.26. The third-order valence-corrected chi connectivity index (χ3v) is 4.56. The number of aromatic amines is 1. The van der Waals surface area contributed by atoms with E-state index in [1.807, 2.05) is 0 Å². The molecular formula is C21H21NO6. The van der Waals surface area contributed by atoms with Gasteiger partial charge in [0.25, 0.3) is 5.56 Å². The minimum absolute atomic E-state index is 0.0551. The monoisotopic (exact) mass is 383 g/mol. The van der Waals surface area contributed by atoms with Crippen molar-refractivity contribution >= 4 is 16.9 Å². The van der Waals surface area contributed by atoms with E-state index in [2.05, 4.69) is 4.98 Å². The average molecular weight is 383 g/mol. The first-order chi connectivity index (χ1) is 13.5. The van der Waals surface area contributed by atoms with Crippen LogP contribution in [-0.2, 0) is 9.53 Å². The summed E-state index contributed by atoms with van der Waals surface area (Å²) >= 11 is 0. The lowest BCUT2D eigenvalue weighted by Crippen LogP contribution is -2.21. The van der Waals surface area contributed by atoms with E-state index < -0.39 is 17.4 Å². The van der Waals surface area contributed by atoms with E-state index in [0.29, 0.717) is 16.5 Å². The number of aromatic hydroxyl groups is 2. The topological polar surface area (TPSA) is 109 Å². The van der Waals surface area contributed by atoms with Crippen LogP contribution in [0.1, 0.15) is 30.4 Å². The van der Waals surface area contributed by atoms with E-state index in [4.69, 9.17) is 9.47 Å². The summed E-state index contributed by atoms with van der Waals surface area (Å²) in [4.78, 5) is 27.7. The van der Waals surface area contributed by atoms with Gasteiger partial charge in [-0.1, -0.05) is 18.2 Å². The van der Waals surface area contributed by atoms with E-state index in [0.717, 1.165) is 0 Å². The number of hydrogen-bond donors (Lipinski definition) is 3. The van der Waals surface area contributed by atoms with Crippen LogP contribution >= 0.6 is 0 Å². The lowest BCUT2D eigenvalue weighted by molar-refractivity contribution is -0.143. The average Bonchev–Trinajstić information content (AvgIpc) is 2.68. The van der Waals surface area contributed by atoms with E-state index in [1.54, 1.807) is 37.3 Å². The Morgan fingerprint density at radius 1 is 1.18 bits per heavy atom. The van der Waals surface area contributed by atoms with Gasteiger partial charge in [-0.25, -0.2) is 0 Å². The fourth-order valence-electron chi connectivity index (χ4n) is 3.25. The molecule has 1 aromatic heterocycles. The number of hydrogen-bond acceptors (Lipinski definition) is 6. The van der Waals surface area contributed by atoms with Crippen molar-refractivity contribution in [3.8, 4) is 17.2 Å². The molecule has 3 N–H and O–H groups in total. The highest BCUT2D eigenvalue weighted by Gasteiger charge is 2.27. The van der Waals surface area contributed by atoms with Gasteiger partial charge in [-0.15, -0.1) is 0 Å². The molecule has 1 heterocycles. The lowest BCUT2D eigenvalue weighted by Gasteiger charge is -2.19. The van der Waals surface area contributed by atoms with Crippen molar-refractivity contribution in [2.24, 2.45) is 0 Å². The second kappa shape index (κ2) is 8.04. The summed E-state index contributed by atoms with van der Waals surface area (Å²) in [5.74, 6) is -1.37. The zero-order valence-corrected chi connectivity index (χ0v) is 15.6. The molecule has 0 aliphatic rings. The van der Waals surface area contributed by atoms with Crippen LogP contribution < -0.4 is 10.3 Å². The molecule has 7 nitrogen and oxygen atoms in total. The number of para-hydroxylation sites is 1. The molecule has 0 aliphatic carbocycles. The molecule has 0 saturated heterocycles. The Balaban J connectivity index is 2.21. The fourth-order valence-corrected chi connectivity index (χ4v) is 3.25. The molecule has 0 saturated carbocycles. The molecule has 0 unspecified atom stereocenters. The minimum Gasteiger partial charge on any atom is -0.507 e. The largest absolute Gasteiger partial charge is 0.507 e. The molecule has 0 radical (unpaired) electrons. The molecule has 146 valence electrons. The highest BCUT2D eigenvalue weighted by Crippen LogP contribution is 2.38. The number of benzene rings is 2. The number of H-pyrrole nitrogens is 1. The molecule has 0 spiro atoms. The van der Waals surface area contributed by atoms with Crippen LogP contribution in [-0.4, -0.2) is 34.9 Å². The maximum atomic E-state index is 12.8. The first kappa shape index (κ1) is 19.3. The molecule has 1 atom stereocenters. The molecule has 28 heavy (non-hydrogen) atoms. The molecule has 0 fully saturated rings. The van der Waals surface area contributed by atoms with Gasteiger partial charge < -0.3 is 24.7 Å². The molecule has 0 amide bonds. The molecule has 3 aromatic rings. The van der Waals surface area contributed by atoms with Crippen LogP contribution in [0.15, 0.2) is 47.3 Å². The lowest BCUT2D eigenvalue weighted by atomic mass is 9.87. The summed E-state index contributed by atoms with van der Waals surface area (Å²) in [5, 5.41) is 21.2. The van der Waals surface area contributed by atoms with Crippen LogP contribution in [0, 0.1) is 0 Å². The minimum atomic E-state index is -0.790. The molecule has 7 heteroatoms. The summed E-state index contributed by atoms with van der Waals surface area (Å²) in [6, 6.07) is 11.4. The number of ether oxygens (including phenoxy) is 2. The predicted octanol–water partition coefficient (Wildman–Crippen LogP) is 3.03. The van der Waals surface area contributed by atoms with Crippen LogP contribution in [0.4, 0.5) is 0 Å². The van der Waals surface area contributed by atoms with Crippen molar-refractivity contribution in [3.05, 3.63) is 63.9 Å². The third-order valence-electron chi connectivity index (χ3n) is 4.56. The zero-order valence-electron chi connectivity index (χ0n) is 15.6. The van der Waals surface area contributed by atoms with Crippen LogP contribution in [0.2, 0.25) is 0 Å². The first-order valence-electron chi connectivity index (χ1n) is 8.82. The Morgan fingerprint density at radius 2 is 1.93 bits per heavy atom. The molecular weight excluding hydrogens is 362 g/mol. The van der Waals surface area contributed by atoms with Crippen molar-refractivity contribution in [1.29, 1.82) is 0 Å². The summed E-state index contributed by atoms with van der Waals surface area (Å²) in [7, 11) is 1.40. The molecule has 3 rings (SSSR count). The van der Waals surface area contributed by atoms with E-state index in [-0.39, 0.29) is 35.8 Å². The number of methoxy groups -OCH3 is 1. The number of carbonyl (C=O) groups excluding carboxylic acids is 1. The first-order valence-corrected chi connectivity index (χ1v) is 8.82. The number of esters is 1. The van der Waals surface area contributed by atoms with Gasteiger partial charge in [-0.2, -0.15) is 0 Å². The summed E-state index contributed by atoms with van der Waals surface area (Å²) in [5.41, 5.74) is 0.572. The number of pyridine rings is 1. The zero-order chi connectivity index (χ0) is 20.3. The highest BCUT2D eigenvalue weighted by atomic mass is 16.5. The number of rotatable bonds is 6. The number of phenolic OH excluding ortho intramolecular Hbond substituents is 1. The summed E-state index contributed by atoms with van der Waals surface area (Å²) < 4.78 is 10.2. The molecule has 0 aliphatic heterocycles. The van der Waals surface area contributed by atoms with Gasteiger partial charge in [0.1, 0.15) is 5.75 Å². The van der Waals surface area contributed by atoms with Gasteiger partial charge in [0.05, 0.1) is 31.2 Å². The van der Waals surface area contributed by atoms with Gasteiger partial charge in [-0.3, -0.25) is 9.59 Å². The number of phenols is 1.